The first-order chi connectivity index (χ1) is 24.3. The Hall–Kier alpha value is -6.15. The Labute approximate surface area is 287 Å². The topological polar surface area (TPSA) is 189 Å². The monoisotopic (exact) mass is 676 g/mol. The van der Waals surface area contributed by atoms with E-state index in [-0.39, 0.29) is 43.5 Å². The Morgan fingerprint density at radius 2 is 1.68 bits per heavy atom. The molecule has 4 amide bonds. The first-order valence-corrected chi connectivity index (χ1v) is 16.1. The van der Waals surface area contributed by atoms with Crippen molar-refractivity contribution in [3.8, 4) is 17.1 Å². The number of carbonyl (C=O) groups excluding carboxylic acids is 4. The largest absolute Gasteiger partial charge is 0.492 e. The third-order valence-electron chi connectivity index (χ3n) is 8.10. The van der Waals surface area contributed by atoms with Crippen LogP contribution in [0.5, 0.6) is 5.75 Å². The normalized spacial score (nSPS) is 19.0. The number of ether oxygens (including phenoxy) is 1. The second-order valence-corrected chi connectivity index (χ2v) is 11.8. The summed E-state index contributed by atoms with van der Waals surface area (Å²) in [6, 6.07) is 23.5. The molecule has 0 saturated heterocycles. The van der Waals surface area contributed by atoms with Crippen molar-refractivity contribution in [3.05, 3.63) is 108 Å². The number of rotatable bonds is 4. The third-order valence-corrected chi connectivity index (χ3v) is 8.10. The molecule has 5 N–H and O–H groups in total. The molecule has 2 aliphatic heterocycles. The number of fused-ring (bicyclic) bond motifs is 15. The number of aliphatic hydroxyl groups is 1. The van der Waals surface area contributed by atoms with E-state index in [1.165, 1.54) is 4.68 Å². The molecule has 4 heterocycles. The van der Waals surface area contributed by atoms with E-state index in [1.54, 1.807) is 49.4 Å². The van der Waals surface area contributed by atoms with Gasteiger partial charge >= 0.3 is 0 Å². The molecule has 0 unspecified atom stereocenters. The maximum Gasteiger partial charge on any atom is 0.270 e. The number of nitrogens with zero attached hydrogens (tertiary/aromatic N) is 4. The van der Waals surface area contributed by atoms with Gasteiger partial charge in [0.25, 0.3) is 5.91 Å². The molecule has 0 spiro atoms. The number of amides is 4. The van der Waals surface area contributed by atoms with Gasteiger partial charge in [0.15, 0.2) is 5.82 Å². The fraction of sp³-hybridized carbons (Fsp3) is 0.250. The molecule has 2 aliphatic rings. The summed E-state index contributed by atoms with van der Waals surface area (Å²) in [7, 11) is 0. The molecular weight excluding hydrogens is 640 g/mol. The molecule has 2 bridgehead atoms. The summed E-state index contributed by atoms with van der Waals surface area (Å²) in [4.78, 5) is 62.6. The summed E-state index contributed by atoms with van der Waals surface area (Å²) in [5.74, 6) is -1.14. The van der Waals surface area contributed by atoms with E-state index in [0.717, 1.165) is 5.39 Å². The quantitative estimate of drug-likeness (QED) is 0.189. The van der Waals surface area contributed by atoms with Crippen LogP contribution < -0.4 is 26.0 Å². The Kier molecular flexibility index (Phi) is 10.4. The van der Waals surface area contributed by atoms with E-state index in [9.17, 15) is 24.3 Å². The number of aliphatic hydroxyl groups excluding tert-OH is 1. The van der Waals surface area contributed by atoms with E-state index >= 15 is 0 Å². The number of nitrogens with one attached hydrogen (secondary N) is 4. The molecule has 0 aliphatic carbocycles. The van der Waals surface area contributed by atoms with Crippen LogP contribution in [-0.4, -0.2) is 80.3 Å². The minimum Gasteiger partial charge on any atom is -0.492 e. The lowest BCUT2D eigenvalue weighted by Crippen LogP contribution is -2.56. The van der Waals surface area contributed by atoms with E-state index < -0.39 is 42.5 Å². The van der Waals surface area contributed by atoms with Gasteiger partial charge in [-0.25, -0.2) is 14.6 Å². The van der Waals surface area contributed by atoms with Crippen LogP contribution in [0.3, 0.4) is 0 Å². The Morgan fingerprint density at radius 3 is 2.46 bits per heavy atom. The smallest absolute Gasteiger partial charge is 0.270 e. The highest BCUT2D eigenvalue weighted by Gasteiger charge is 2.29. The van der Waals surface area contributed by atoms with Crippen LogP contribution in [0, 0.1) is 0 Å². The summed E-state index contributed by atoms with van der Waals surface area (Å²) >= 11 is 0. The molecule has 7 rings (SSSR count). The van der Waals surface area contributed by atoms with Crippen LogP contribution in [0.2, 0.25) is 0 Å². The maximum atomic E-state index is 13.7. The van der Waals surface area contributed by atoms with Gasteiger partial charge in [0, 0.05) is 17.4 Å². The minimum absolute atomic E-state index is 0.0586. The molecule has 5 aromatic rings. The summed E-state index contributed by atoms with van der Waals surface area (Å²) in [5.41, 5.74) is 2.14. The lowest BCUT2D eigenvalue weighted by molar-refractivity contribution is -0.131. The van der Waals surface area contributed by atoms with Crippen LogP contribution in [0.4, 0.5) is 0 Å². The van der Waals surface area contributed by atoms with E-state index in [2.05, 4.69) is 36.3 Å². The van der Waals surface area contributed by atoms with Crippen molar-refractivity contribution in [1.29, 1.82) is 0 Å². The lowest BCUT2D eigenvalue weighted by atomic mass is 10.0. The predicted molar refractivity (Wildman–Crippen MR) is 183 cm³/mol. The number of hydrogen-bond acceptors (Lipinski definition) is 9. The molecule has 50 heavy (non-hydrogen) atoms. The minimum atomic E-state index is -1.38. The number of hydrogen-bond donors (Lipinski definition) is 5. The number of benzene rings is 3. The highest BCUT2D eigenvalue weighted by atomic mass is 16.5. The third kappa shape index (κ3) is 8.10. The van der Waals surface area contributed by atoms with Crippen molar-refractivity contribution >= 4 is 34.5 Å². The van der Waals surface area contributed by atoms with Gasteiger partial charge in [0.05, 0.1) is 24.7 Å². The highest BCUT2D eigenvalue weighted by Crippen LogP contribution is 2.20. The van der Waals surface area contributed by atoms with Gasteiger partial charge in [-0.1, -0.05) is 66.7 Å². The molecule has 14 heteroatoms. The fourth-order valence-electron chi connectivity index (χ4n) is 5.49. The zero-order chi connectivity index (χ0) is 35.0. The SMILES string of the molecule is C[C@@H]1NC(=O)[C@H](CO)NC(=O)[C@@H](NC(=O)c2ccc3ccccc3n2)Cc2ccc(cc2)OCCNC(=O)Cn2nc(-c3ccccc3)nc21. The van der Waals surface area contributed by atoms with Gasteiger partial charge in [-0.3, -0.25) is 19.2 Å². The number of pyridine rings is 1. The van der Waals surface area contributed by atoms with Crippen molar-refractivity contribution < 1.29 is 29.0 Å². The Balaban J connectivity index is 1.27. The number of aromatic nitrogens is 4. The molecule has 0 saturated carbocycles. The predicted octanol–water partition coefficient (Wildman–Crippen LogP) is 1.70. The highest BCUT2D eigenvalue weighted by molar-refractivity contribution is 5.98. The zero-order valence-electron chi connectivity index (χ0n) is 27.2. The summed E-state index contributed by atoms with van der Waals surface area (Å²) in [6.07, 6.45) is 0.0586. The molecule has 14 nitrogen and oxygen atoms in total. The average molecular weight is 677 g/mol. The standard InChI is InChI=1S/C36H36N8O6/c1-22-33-42-32(25-8-3-2-4-9-25)43-44(33)20-31(46)37-17-18-50-26-14-11-23(12-15-26)19-29(35(48)41-30(21-45)36(49)38-22)40-34(47)28-16-13-24-7-5-6-10-27(24)39-28/h2-16,22,29-30,45H,17-21H2,1H3,(H,37,46)(H,38,49)(H,40,47)(H,41,48)/t22-,29-,30-/m0/s1. The molecule has 3 atom stereocenters. The van der Waals surface area contributed by atoms with Gasteiger partial charge in [-0.2, -0.15) is 5.10 Å². The Morgan fingerprint density at radius 1 is 0.920 bits per heavy atom. The van der Waals surface area contributed by atoms with Crippen LogP contribution >= 0.6 is 0 Å². The van der Waals surface area contributed by atoms with Crippen LogP contribution in [0.1, 0.15) is 34.8 Å². The van der Waals surface area contributed by atoms with Crippen molar-refractivity contribution in [2.75, 3.05) is 19.8 Å². The van der Waals surface area contributed by atoms with E-state index in [0.29, 0.717) is 28.2 Å². The van der Waals surface area contributed by atoms with E-state index in [1.807, 2.05) is 48.5 Å². The molecule has 2 aromatic heterocycles. The molecule has 256 valence electrons. The first-order valence-electron chi connectivity index (χ1n) is 16.1. The van der Waals surface area contributed by atoms with Gasteiger partial charge < -0.3 is 31.1 Å². The van der Waals surface area contributed by atoms with Crippen molar-refractivity contribution in [1.82, 2.24) is 41.0 Å². The lowest BCUT2D eigenvalue weighted by Gasteiger charge is -2.23. The van der Waals surface area contributed by atoms with Crippen LogP contribution in [0.15, 0.2) is 91.0 Å². The van der Waals surface area contributed by atoms with Gasteiger partial charge in [0.2, 0.25) is 17.7 Å². The van der Waals surface area contributed by atoms with Crippen molar-refractivity contribution in [2.24, 2.45) is 0 Å². The van der Waals surface area contributed by atoms with Gasteiger partial charge in [-0.15, -0.1) is 0 Å². The summed E-state index contributed by atoms with van der Waals surface area (Å²) in [6.45, 7) is 1.16. The van der Waals surface area contributed by atoms with Crippen LogP contribution in [0.25, 0.3) is 22.3 Å². The van der Waals surface area contributed by atoms with Gasteiger partial charge in [0.1, 0.15) is 42.5 Å². The van der Waals surface area contributed by atoms with Crippen molar-refractivity contribution in [2.45, 2.75) is 38.0 Å². The molecular formula is C36H36N8O6. The van der Waals surface area contributed by atoms with E-state index in [4.69, 9.17) is 4.74 Å². The first kappa shape index (κ1) is 33.7. The second-order valence-electron chi connectivity index (χ2n) is 11.8. The zero-order valence-corrected chi connectivity index (χ0v) is 27.2. The molecule has 3 aromatic carbocycles. The molecule has 0 radical (unpaired) electrons. The summed E-state index contributed by atoms with van der Waals surface area (Å²) in [5, 5.41) is 26.5. The summed E-state index contributed by atoms with van der Waals surface area (Å²) < 4.78 is 7.20. The Bertz CT molecular complexity index is 2000. The number of para-hydroxylation sites is 1. The second kappa shape index (κ2) is 15.4. The average Bonchev–Trinajstić information content (AvgIpc) is 3.56. The fourth-order valence-corrected chi connectivity index (χ4v) is 5.49. The maximum absolute atomic E-state index is 13.7. The number of carbonyl (C=O) groups is 4. The van der Waals surface area contributed by atoms with Crippen molar-refractivity contribution in [3.63, 3.8) is 0 Å². The molecule has 0 fully saturated rings. The van der Waals surface area contributed by atoms with Gasteiger partial charge in [-0.05, 0) is 36.8 Å². The van der Waals surface area contributed by atoms with Crippen LogP contribution in [-0.2, 0) is 27.3 Å².